The first-order valence-corrected chi connectivity index (χ1v) is 8.74. The highest BCUT2D eigenvalue weighted by atomic mass is 16.5. The Labute approximate surface area is 140 Å². The van der Waals surface area contributed by atoms with E-state index in [2.05, 4.69) is 17.1 Å². The number of carbonyl (C=O) groups excluding carboxylic acids is 1. The van der Waals surface area contributed by atoms with Gasteiger partial charge in [0.25, 0.3) is 0 Å². The van der Waals surface area contributed by atoms with Crippen LogP contribution in [0, 0.1) is 19.8 Å². The van der Waals surface area contributed by atoms with Gasteiger partial charge in [-0.2, -0.15) is 0 Å². The quantitative estimate of drug-likeness (QED) is 0.785. The van der Waals surface area contributed by atoms with Crippen LogP contribution in [-0.4, -0.2) is 50.0 Å². The van der Waals surface area contributed by atoms with E-state index in [0.29, 0.717) is 6.61 Å². The molecule has 1 fully saturated rings. The fraction of sp³-hybridized carbons (Fsp3) is 0.632. The zero-order chi connectivity index (χ0) is 16.8. The first kappa shape index (κ1) is 18.0. The highest BCUT2D eigenvalue weighted by molar-refractivity contribution is 6.02. The molecular weight excluding hydrogens is 288 g/mol. The Morgan fingerprint density at radius 3 is 2.57 bits per heavy atom. The molecule has 23 heavy (non-hydrogen) atoms. The lowest BCUT2D eigenvalue weighted by molar-refractivity contribution is 0.0882. The molecule has 0 spiro atoms. The predicted molar refractivity (Wildman–Crippen MR) is 94.5 cm³/mol. The van der Waals surface area contributed by atoms with Gasteiger partial charge >= 0.3 is 0 Å². The van der Waals surface area contributed by atoms with E-state index in [1.807, 2.05) is 32.9 Å². The Hall–Kier alpha value is -1.39. The van der Waals surface area contributed by atoms with Gasteiger partial charge in [0.1, 0.15) is 5.75 Å². The van der Waals surface area contributed by atoms with Crippen LogP contribution in [0.25, 0.3) is 0 Å². The van der Waals surface area contributed by atoms with Crippen LogP contribution in [0.5, 0.6) is 5.75 Å². The fourth-order valence-corrected chi connectivity index (χ4v) is 3.09. The summed E-state index contributed by atoms with van der Waals surface area (Å²) in [6.45, 7) is 13.7. The zero-order valence-electron chi connectivity index (χ0n) is 14.9. The molecule has 4 heteroatoms. The van der Waals surface area contributed by atoms with Crippen LogP contribution in [0.2, 0.25) is 0 Å². The number of nitrogens with one attached hydrogen (secondary N) is 1. The Bertz CT molecular complexity index is 536. The molecule has 0 aromatic heterocycles. The van der Waals surface area contributed by atoms with Crippen LogP contribution in [0.4, 0.5) is 0 Å². The van der Waals surface area contributed by atoms with Gasteiger partial charge in [0.05, 0.1) is 12.2 Å². The highest BCUT2D eigenvalue weighted by Crippen LogP contribution is 2.29. The third-order valence-corrected chi connectivity index (χ3v) is 4.45. The van der Waals surface area contributed by atoms with Gasteiger partial charge in [0.15, 0.2) is 5.78 Å². The third kappa shape index (κ3) is 4.55. The summed E-state index contributed by atoms with van der Waals surface area (Å²) in [7, 11) is 0. The van der Waals surface area contributed by atoms with Crippen LogP contribution in [-0.2, 0) is 0 Å². The maximum Gasteiger partial charge on any atom is 0.170 e. The standard InChI is InChI=1S/C19H30N2O2/c1-5-12-23-19-15(3)7-6-14(2)17(19)18(22)16(4)13-21-10-8-20-9-11-21/h6-7,16,20H,5,8-13H2,1-4H3. The summed E-state index contributed by atoms with van der Waals surface area (Å²) < 4.78 is 5.91. The molecular formula is C19H30N2O2. The molecule has 1 aliphatic rings. The summed E-state index contributed by atoms with van der Waals surface area (Å²) in [4.78, 5) is 15.4. The molecule has 1 saturated heterocycles. The number of carbonyl (C=O) groups is 1. The summed E-state index contributed by atoms with van der Waals surface area (Å²) in [5.74, 6) is 0.970. The van der Waals surface area contributed by atoms with Crippen LogP contribution in [0.3, 0.4) is 0 Å². The van der Waals surface area contributed by atoms with Crippen molar-refractivity contribution < 1.29 is 9.53 Å². The number of ketones is 1. The molecule has 1 heterocycles. The number of benzene rings is 1. The van der Waals surface area contributed by atoms with Crippen molar-refractivity contribution in [3.8, 4) is 5.75 Å². The zero-order valence-corrected chi connectivity index (χ0v) is 14.9. The Kier molecular flexibility index (Phi) is 6.60. The molecule has 0 saturated carbocycles. The molecule has 0 bridgehead atoms. The maximum atomic E-state index is 13.1. The molecule has 1 aromatic rings. The van der Waals surface area contributed by atoms with Gasteiger partial charge in [-0.15, -0.1) is 0 Å². The minimum absolute atomic E-state index is 0.0161. The molecule has 1 unspecified atom stereocenters. The Morgan fingerprint density at radius 1 is 1.26 bits per heavy atom. The normalized spacial score (nSPS) is 17.0. The molecule has 2 rings (SSSR count). The monoisotopic (exact) mass is 318 g/mol. The molecule has 1 N–H and O–H groups in total. The smallest absolute Gasteiger partial charge is 0.170 e. The van der Waals surface area contributed by atoms with Crippen LogP contribution < -0.4 is 10.1 Å². The summed E-state index contributed by atoms with van der Waals surface area (Å²) >= 11 is 0. The summed E-state index contributed by atoms with van der Waals surface area (Å²) in [6, 6.07) is 4.07. The molecule has 0 aliphatic carbocycles. The topological polar surface area (TPSA) is 41.6 Å². The van der Waals surface area contributed by atoms with E-state index < -0.39 is 0 Å². The molecule has 0 amide bonds. The predicted octanol–water partition coefficient (Wildman–Crippen LogP) is 2.82. The van der Waals surface area contributed by atoms with Crippen molar-refractivity contribution >= 4 is 5.78 Å². The first-order valence-electron chi connectivity index (χ1n) is 8.74. The number of piperazine rings is 1. The molecule has 128 valence electrons. The number of nitrogens with zero attached hydrogens (tertiary/aromatic N) is 1. The number of rotatable bonds is 7. The number of hydrogen-bond donors (Lipinski definition) is 1. The van der Waals surface area contributed by atoms with Gasteiger partial charge in [-0.1, -0.05) is 26.0 Å². The van der Waals surface area contributed by atoms with Crippen LogP contribution in [0.1, 0.15) is 41.8 Å². The first-order chi connectivity index (χ1) is 11.0. The van der Waals surface area contributed by atoms with E-state index in [9.17, 15) is 4.79 Å². The number of aryl methyl sites for hydroxylation is 2. The van der Waals surface area contributed by atoms with Gasteiger partial charge in [-0.3, -0.25) is 4.79 Å². The maximum absolute atomic E-state index is 13.1. The largest absolute Gasteiger partial charge is 0.493 e. The lowest BCUT2D eigenvalue weighted by Crippen LogP contribution is -2.45. The van der Waals surface area contributed by atoms with Crippen molar-refractivity contribution in [3.63, 3.8) is 0 Å². The second-order valence-corrected chi connectivity index (χ2v) is 6.57. The van der Waals surface area contributed by atoms with E-state index in [4.69, 9.17) is 4.74 Å². The molecule has 1 atom stereocenters. The number of hydrogen-bond acceptors (Lipinski definition) is 4. The average molecular weight is 318 g/mol. The van der Waals surface area contributed by atoms with Gasteiger partial charge in [0.2, 0.25) is 0 Å². The van der Waals surface area contributed by atoms with Gasteiger partial charge in [0, 0.05) is 38.6 Å². The Morgan fingerprint density at radius 2 is 1.91 bits per heavy atom. The third-order valence-electron chi connectivity index (χ3n) is 4.45. The minimum atomic E-state index is -0.0161. The van der Waals surface area contributed by atoms with Crippen LogP contribution in [0.15, 0.2) is 12.1 Å². The molecule has 0 radical (unpaired) electrons. The molecule has 1 aliphatic heterocycles. The number of ether oxygens (including phenoxy) is 1. The second-order valence-electron chi connectivity index (χ2n) is 6.57. The molecule has 1 aromatic carbocycles. The van der Waals surface area contributed by atoms with Gasteiger partial charge < -0.3 is 15.0 Å². The van der Waals surface area contributed by atoms with E-state index >= 15 is 0 Å². The summed E-state index contributed by atoms with van der Waals surface area (Å²) in [6.07, 6.45) is 0.942. The second kappa shape index (κ2) is 8.46. The summed E-state index contributed by atoms with van der Waals surface area (Å²) in [5.41, 5.74) is 2.83. The van der Waals surface area contributed by atoms with E-state index in [1.54, 1.807) is 0 Å². The summed E-state index contributed by atoms with van der Waals surface area (Å²) in [5, 5.41) is 3.35. The number of Topliss-reactive ketones (excluding diaryl/α,β-unsaturated/α-hetero) is 1. The Balaban J connectivity index is 2.17. The lowest BCUT2D eigenvalue weighted by Gasteiger charge is -2.29. The van der Waals surface area contributed by atoms with Crippen molar-refractivity contribution in [2.24, 2.45) is 5.92 Å². The molecule has 4 nitrogen and oxygen atoms in total. The van der Waals surface area contributed by atoms with Crippen molar-refractivity contribution in [1.29, 1.82) is 0 Å². The van der Waals surface area contributed by atoms with Crippen LogP contribution >= 0.6 is 0 Å². The van der Waals surface area contributed by atoms with Gasteiger partial charge in [-0.25, -0.2) is 0 Å². The van der Waals surface area contributed by atoms with E-state index in [0.717, 1.165) is 61.6 Å². The van der Waals surface area contributed by atoms with Crippen molar-refractivity contribution in [1.82, 2.24) is 10.2 Å². The SMILES string of the molecule is CCCOc1c(C)ccc(C)c1C(=O)C(C)CN1CCNCC1. The minimum Gasteiger partial charge on any atom is -0.493 e. The average Bonchev–Trinajstić information content (AvgIpc) is 2.55. The van der Waals surface area contributed by atoms with Gasteiger partial charge in [-0.05, 0) is 31.4 Å². The highest BCUT2D eigenvalue weighted by Gasteiger charge is 2.25. The van der Waals surface area contributed by atoms with E-state index in [-0.39, 0.29) is 11.7 Å². The lowest BCUT2D eigenvalue weighted by atomic mass is 9.92. The van der Waals surface area contributed by atoms with Crippen molar-refractivity contribution in [2.75, 3.05) is 39.3 Å². The van der Waals surface area contributed by atoms with Crippen molar-refractivity contribution in [3.05, 3.63) is 28.8 Å². The van der Waals surface area contributed by atoms with Crippen molar-refractivity contribution in [2.45, 2.75) is 34.1 Å². The fourth-order valence-electron chi connectivity index (χ4n) is 3.09. The van der Waals surface area contributed by atoms with E-state index in [1.165, 1.54) is 0 Å².